The van der Waals surface area contributed by atoms with Crippen molar-refractivity contribution in [1.82, 2.24) is 4.98 Å². The SMILES string of the molecule is CCCCCCCOc1ccc(-c2nc(-c3ccc(Br)cc3)cc(=O)o2)cc1. The molecule has 0 aliphatic rings. The quantitative estimate of drug-likeness (QED) is 0.356. The monoisotopic (exact) mass is 441 g/mol. The molecule has 0 fully saturated rings. The lowest BCUT2D eigenvalue weighted by molar-refractivity contribution is 0.304. The van der Waals surface area contributed by atoms with Crippen molar-refractivity contribution in [3.05, 3.63) is 69.5 Å². The summed E-state index contributed by atoms with van der Waals surface area (Å²) in [7, 11) is 0. The number of rotatable bonds is 9. The molecule has 0 aliphatic heterocycles. The van der Waals surface area contributed by atoms with Crippen molar-refractivity contribution in [3.8, 4) is 28.5 Å². The third-order valence-corrected chi connectivity index (χ3v) is 4.96. The van der Waals surface area contributed by atoms with Gasteiger partial charge in [-0.3, -0.25) is 0 Å². The Kier molecular flexibility index (Phi) is 7.43. The van der Waals surface area contributed by atoms with E-state index >= 15 is 0 Å². The smallest absolute Gasteiger partial charge is 0.339 e. The molecule has 1 aromatic heterocycles. The first-order chi connectivity index (χ1) is 13.7. The van der Waals surface area contributed by atoms with Gasteiger partial charge in [0.2, 0.25) is 5.89 Å². The van der Waals surface area contributed by atoms with E-state index in [1.807, 2.05) is 48.5 Å². The fourth-order valence-corrected chi connectivity index (χ4v) is 3.15. The topological polar surface area (TPSA) is 52.3 Å². The lowest BCUT2D eigenvalue weighted by atomic mass is 10.1. The van der Waals surface area contributed by atoms with E-state index in [4.69, 9.17) is 9.15 Å². The molecule has 146 valence electrons. The molecule has 3 rings (SSSR count). The molecule has 0 unspecified atom stereocenters. The van der Waals surface area contributed by atoms with Crippen LogP contribution in [0.4, 0.5) is 0 Å². The zero-order valence-electron chi connectivity index (χ0n) is 16.0. The molecule has 0 spiro atoms. The zero-order chi connectivity index (χ0) is 19.8. The highest BCUT2D eigenvalue weighted by Gasteiger charge is 2.09. The maximum absolute atomic E-state index is 12.0. The van der Waals surface area contributed by atoms with E-state index in [0.717, 1.165) is 34.4 Å². The third-order valence-electron chi connectivity index (χ3n) is 4.43. The molecule has 4 nitrogen and oxygen atoms in total. The van der Waals surface area contributed by atoms with E-state index in [0.29, 0.717) is 11.6 Å². The van der Waals surface area contributed by atoms with Crippen LogP contribution in [0.3, 0.4) is 0 Å². The Morgan fingerprint density at radius 3 is 2.32 bits per heavy atom. The van der Waals surface area contributed by atoms with Gasteiger partial charge in [0.1, 0.15) is 5.75 Å². The first kappa shape index (κ1) is 20.3. The molecule has 2 aromatic carbocycles. The van der Waals surface area contributed by atoms with Crippen LogP contribution in [0.5, 0.6) is 5.75 Å². The van der Waals surface area contributed by atoms with Gasteiger partial charge in [-0.2, -0.15) is 0 Å². The number of hydrogen-bond acceptors (Lipinski definition) is 4. The second-order valence-corrected chi connectivity index (χ2v) is 7.58. The van der Waals surface area contributed by atoms with Crippen molar-refractivity contribution in [1.29, 1.82) is 0 Å². The molecule has 0 saturated heterocycles. The van der Waals surface area contributed by atoms with E-state index in [1.165, 1.54) is 31.7 Å². The van der Waals surface area contributed by atoms with Crippen molar-refractivity contribution in [3.63, 3.8) is 0 Å². The zero-order valence-corrected chi connectivity index (χ0v) is 17.6. The summed E-state index contributed by atoms with van der Waals surface area (Å²) in [6.07, 6.45) is 6.05. The van der Waals surface area contributed by atoms with E-state index in [1.54, 1.807) is 0 Å². The van der Waals surface area contributed by atoms with Crippen molar-refractivity contribution in [2.24, 2.45) is 0 Å². The Hall–Kier alpha value is -2.40. The molecule has 0 bridgehead atoms. The summed E-state index contributed by atoms with van der Waals surface area (Å²) in [6.45, 7) is 2.93. The second kappa shape index (κ2) is 10.2. The van der Waals surface area contributed by atoms with E-state index in [9.17, 15) is 4.79 Å². The van der Waals surface area contributed by atoms with Gasteiger partial charge in [-0.25, -0.2) is 9.78 Å². The number of nitrogens with zero attached hydrogens (tertiary/aromatic N) is 1. The van der Waals surface area contributed by atoms with Crippen LogP contribution < -0.4 is 10.4 Å². The van der Waals surface area contributed by atoms with Crippen LogP contribution in [0.25, 0.3) is 22.7 Å². The lowest BCUT2D eigenvalue weighted by Gasteiger charge is -2.07. The third kappa shape index (κ3) is 5.80. The highest BCUT2D eigenvalue weighted by atomic mass is 79.9. The normalized spacial score (nSPS) is 10.8. The minimum Gasteiger partial charge on any atom is -0.494 e. The standard InChI is InChI=1S/C23H24BrNO3/c1-2-3-4-5-6-15-27-20-13-9-18(10-14-20)23-25-21(16-22(26)28-23)17-7-11-19(24)12-8-17/h7-14,16H,2-6,15H2,1H3. The van der Waals surface area contributed by atoms with Crippen LogP contribution in [0.1, 0.15) is 39.0 Å². The first-order valence-electron chi connectivity index (χ1n) is 9.67. The molecule has 28 heavy (non-hydrogen) atoms. The highest BCUT2D eigenvalue weighted by molar-refractivity contribution is 9.10. The first-order valence-corrected chi connectivity index (χ1v) is 10.5. The Morgan fingerprint density at radius 2 is 1.61 bits per heavy atom. The molecule has 5 heteroatoms. The summed E-state index contributed by atoms with van der Waals surface area (Å²) in [5.74, 6) is 1.11. The van der Waals surface area contributed by atoms with Crippen LogP contribution in [-0.2, 0) is 0 Å². The van der Waals surface area contributed by atoms with Crippen molar-refractivity contribution in [2.45, 2.75) is 39.0 Å². The van der Waals surface area contributed by atoms with Crippen molar-refractivity contribution in [2.75, 3.05) is 6.61 Å². The number of benzene rings is 2. The van der Waals surface area contributed by atoms with Gasteiger partial charge >= 0.3 is 5.63 Å². The van der Waals surface area contributed by atoms with Crippen LogP contribution in [-0.4, -0.2) is 11.6 Å². The lowest BCUT2D eigenvalue weighted by Crippen LogP contribution is -2.02. The second-order valence-electron chi connectivity index (χ2n) is 6.66. The molecular formula is C23H24BrNO3. The summed E-state index contributed by atoms with van der Waals surface area (Å²) in [5, 5.41) is 0. The molecule has 0 N–H and O–H groups in total. The fourth-order valence-electron chi connectivity index (χ4n) is 2.88. The van der Waals surface area contributed by atoms with Gasteiger partial charge in [0.25, 0.3) is 0 Å². The summed E-state index contributed by atoms with van der Waals surface area (Å²) >= 11 is 3.41. The van der Waals surface area contributed by atoms with Crippen molar-refractivity contribution >= 4 is 15.9 Å². The largest absolute Gasteiger partial charge is 0.494 e. The van der Waals surface area contributed by atoms with Gasteiger partial charge < -0.3 is 9.15 Å². The number of aromatic nitrogens is 1. The molecule has 1 heterocycles. The maximum Gasteiger partial charge on any atom is 0.339 e. The molecular weight excluding hydrogens is 418 g/mol. The van der Waals surface area contributed by atoms with E-state index < -0.39 is 5.63 Å². The Morgan fingerprint density at radius 1 is 0.929 bits per heavy atom. The molecule has 0 saturated carbocycles. The summed E-state index contributed by atoms with van der Waals surface area (Å²) < 4.78 is 12.1. The summed E-state index contributed by atoms with van der Waals surface area (Å²) in [5.41, 5.74) is 1.77. The summed E-state index contributed by atoms with van der Waals surface area (Å²) in [4.78, 5) is 16.5. The number of halogens is 1. The molecule has 0 amide bonds. The predicted molar refractivity (Wildman–Crippen MR) is 116 cm³/mol. The van der Waals surface area contributed by atoms with Crippen LogP contribution in [0, 0.1) is 0 Å². The number of hydrogen-bond donors (Lipinski definition) is 0. The molecule has 3 aromatic rings. The van der Waals surface area contributed by atoms with Gasteiger partial charge in [-0.1, -0.05) is 60.7 Å². The van der Waals surface area contributed by atoms with Gasteiger partial charge in [0.05, 0.1) is 18.4 Å². The predicted octanol–water partition coefficient (Wildman–Crippen LogP) is 6.48. The van der Waals surface area contributed by atoms with E-state index in [-0.39, 0.29) is 0 Å². The number of unbranched alkanes of at least 4 members (excludes halogenated alkanes) is 4. The molecule has 0 radical (unpaired) electrons. The van der Waals surface area contributed by atoms with E-state index in [2.05, 4.69) is 27.8 Å². The van der Waals surface area contributed by atoms with Gasteiger partial charge in [-0.15, -0.1) is 0 Å². The van der Waals surface area contributed by atoms with Crippen molar-refractivity contribution < 1.29 is 9.15 Å². The Labute approximate surface area is 173 Å². The van der Waals surface area contributed by atoms with Gasteiger partial charge in [0, 0.05) is 15.6 Å². The molecule has 0 aliphatic carbocycles. The Balaban J connectivity index is 1.68. The maximum atomic E-state index is 12.0. The Bertz CT molecular complexity index is 933. The minimum absolute atomic E-state index is 0.302. The van der Waals surface area contributed by atoms with Gasteiger partial charge in [0.15, 0.2) is 0 Å². The number of ether oxygens (including phenoxy) is 1. The van der Waals surface area contributed by atoms with Gasteiger partial charge in [-0.05, 0) is 42.8 Å². The van der Waals surface area contributed by atoms with Crippen LogP contribution >= 0.6 is 15.9 Å². The highest BCUT2D eigenvalue weighted by Crippen LogP contribution is 2.24. The summed E-state index contributed by atoms with van der Waals surface area (Å²) in [6, 6.07) is 16.6. The minimum atomic E-state index is -0.421. The van der Waals surface area contributed by atoms with Crippen LogP contribution in [0.15, 0.2) is 68.3 Å². The average Bonchev–Trinajstić information content (AvgIpc) is 2.71. The van der Waals surface area contributed by atoms with Crippen LogP contribution in [0.2, 0.25) is 0 Å². The fraction of sp³-hybridized carbons (Fsp3) is 0.304. The molecule has 0 atom stereocenters. The average molecular weight is 442 g/mol.